The third-order valence-electron chi connectivity index (χ3n) is 4.07. The summed E-state index contributed by atoms with van der Waals surface area (Å²) in [6, 6.07) is 8.34. The maximum atomic E-state index is 12.2. The molecule has 0 radical (unpaired) electrons. The molecular weight excluding hydrogens is 264 g/mol. The Balaban J connectivity index is 1.61. The van der Waals surface area contributed by atoms with Gasteiger partial charge >= 0.3 is 0 Å². The lowest BCUT2D eigenvalue weighted by molar-refractivity contribution is 0.0946. The highest BCUT2D eigenvalue weighted by Crippen LogP contribution is 2.34. The molecule has 0 saturated carbocycles. The normalized spacial score (nSPS) is 16.1. The number of benzene rings is 1. The molecule has 5 nitrogen and oxygen atoms in total. The molecule has 1 amide bonds. The second-order valence-electron chi connectivity index (χ2n) is 5.52. The van der Waals surface area contributed by atoms with E-state index in [1.54, 1.807) is 0 Å². The van der Waals surface area contributed by atoms with Crippen LogP contribution in [-0.2, 0) is 12.8 Å². The Labute approximate surface area is 123 Å². The van der Waals surface area contributed by atoms with Crippen LogP contribution in [-0.4, -0.2) is 22.6 Å². The number of H-pyrrole nitrogens is 1. The molecule has 21 heavy (non-hydrogen) atoms. The lowest BCUT2D eigenvalue weighted by Crippen LogP contribution is -2.33. The number of anilines is 1. The van der Waals surface area contributed by atoms with Crippen LogP contribution in [0.3, 0.4) is 0 Å². The Morgan fingerprint density at radius 1 is 1.48 bits per heavy atom. The molecular formula is C16H20N4O. The van der Waals surface area contributed by atoms with Gasteiger partial charge in [0, 0.05) is 12.5 Å². The number of nitrogens with two attached hydrogens (primary N) is 1. The van der Waals surface area contributed by atoms with Gasteiger partial charge in [0.05, 0.1) is 11.4 Å². The minimum atomic E-state index is -0.199. The van der Waals surface area contributed by atoms with E-state index in [0.717, 1.165) is 25.0 Å². The maximum absolute atomic E-state index is 12.2. The van der Waals surface area contributed by atoms with E-state index in [2.05, 4.69) is 34.6 Å². The minimum Gasteiger partial charge on any atom is -0.395 e. The first kappa shape index (κ1) is 13.7. The Morgan fingerprint density at radius 3 is 3.05 bits per heavy atom. The highest BCUT2D eigenvalue weighted by Gasteiger charge is 2.26. The fraction of sp³-hybridized carbons (Fsp3) is 0.375. The Bertz CT molecular complexity index is 662. The minimum absolute atomic E-state index is 0.199. The van der Waals surface area contributed by atoms with Crippen molar-refractivity contribution in [2.45, 2.75) is 32.1 Å². The van der Waals surface area contributed by atoms with E-state index in [9.17, 15) is 4.79 Å². The average Bonchev–Trinajstić information content (AvgIpc) is 2.82. The van der Waals surface area contributed by atoms with Crippen LogP contribution in [0.4, 0.5) is 5.69 Å². The molecule has 0 fully saturated rings. The summed E-state index contributed by atoms with van der Waals surface area (Å²) in [5.74, 6) is 0.205. The highest BCUT2D eigenvalue weighted by atomic mass is 16.1. The zero-order valence-electron chi connectivity index (χ0n) is 12.1. The van der Waals surface area contributed by atoms with E-state index in [0.29, 0.717) is 23.8 Å². The molecule has 0 aliphatic heterocycles. The molecule has 1 aliphatic carbocycles. The summed E-state index contributed by atoms with van der Waals surface area (Å²) in [6.07, 6.45) is 2.79. The number of aromatic amines is 1. The molecule has 1 aromatic heterocycles. The standard InChI is InChI=1S/C16H20N4O/c1-2-5-13-14(17)15(20-19-13)16(21)18-9-11-8-10-6-3-4-7-12(10)11/h3-4,6-7,11H,2,5,8-9,17H2,1H3,(H,18,21)(H,19,20). The summed E-state index contributed by atoms with van der Waals surface area (Å²) in [5.41, 5.74) is 10.3. The SMILES string of the molecule is CCCc1[nH]nc(C(=O)NCC2Cc3ccccc32)c1N. The van der Waals surface area contributed by atoms with Gasteiger partial charge in [0.15, 0.2) is 5.69 Å². The maximum Gasteiger partial charge on any atom is 0.273 e. The van der Waals surface area contributed by atoms with Gasteiger partial charge in [-0.2, -0.15) is 5.10 Å². The Kier molecular flexibility index (Phi) is 3.64. The average molecular weight is 284 g/mol. The fourth-order valence-corrected chi connectivity index (χ4v) is 2.84. The van der Waals surface area contributed by atoms with Crippen LogP contribution >= 0.6 is 0 Å². The van der Waals surface area contributed by atoms with Crippen LogP contribution in [0.5, 0.6) is 0 Å². The van der Waals surface area contributed by atoms with Crippen molar-refractivity contribution in [3.05, 3.63) is 46.8 Å². The Hall–Kier alpha value is -2.30. The molecule has 0 spiro atoms. The largest absolute Gasteiger partial charge is 0.395 e. The molecule has 1 atom stereocenters. The zero-order valence-corrected chi connectivity index (χ0v) is 12.1. The van der Waals surface area contributed by atoms with Gasteiger partial charge in [-0.3, -0.25) is 9.89 Å². The molecule has 1 aliphatic rings. The number of hydrogen-bond acceptors (Lipinski definition) is 3. The fourth-order valence-electron chi connectivity index (χ4n) is 2.84. The molecule has 1 aromatic carbocycles. The number of amides is 1. The van der Waals surface area contributed by atoms with Crippen molar-refractivity contribution in [1.29, 1.82) is 0 Å². The van der Waals surface area contributed by atoms with Gasteiger partial charge in [0.25, 0.3) is 5.91 Å². The number of aryl methyl sites for hydroxylation is 1. The molecule has 2 aromatic rings. The predicted molar refractivity (Wildman–Crippen MR) is 82.2 cm³/mol. The van der Waals surface area contributed by atoms with Crippen molar-refractivity contribution < 1.29 is 4.79 Å². The number of nitrogens with one attached hydrogen (secondary N) is 2. The van der Waals surface area contributed by atoms with Crippen molar-refractivity contribution in [3.8, 4) is 0 Å². The predicted octanol–water partition coefficient (Wildman–Crippen LogP) is 2.01. The topological polar surface area (TPSA) is 83.8 Å². The van der Waals surface area contributed by atoms with Crippen LogP contribution in [0.2, 0.25) is 0 Å². The lowest BCUT2D eigenvalue weighted by atomic mass is 9.77. The molecule has 0 bridgehead atoms. The van der Waals surface area contributed by atoms with Crippen LogP contribution in [0, 0.1) is 0 Å². The number of fused-ring (bicyclic) bond motifs is 1. The molecule has 0 saturated heterocycles. The second-order valence-corrected chi connectivity index (χ2v) is 5.52. The van der Waals surface area contributed by atoms with E-state index < -0.39 is 0 Å². The number of aromatic nitrogens is 2. The first-order valence-corrected chi connectivity index (χ1v) is 7.39. The molecule has 110 valence electrons. The number of rotatable bonds is 5. The number of carbonyl (C=O) groups excluding carboxylic acids is 1. The van der Waals surface area contributed by atoms with Gasteiger partial charge in [0.2, 0.25) is 0 Å². The van der Waals surface area contributed by atoms with Gasteiger partial charge in [0.1, 0.15) is 0 Å². The van der Waals surface area contributed by atoms with Gasteiger partial charge < -0.3 is 11.1 Å². The first-order valence-electron chi connectivity index (χ1n) is 7.39. The first-order chi connectivity index (χ1) is 10.2. The number of carbonyl (C=O) groups is 1. The summed E-state index contributed by atoms with van der Waals surface area (Å²) in [4.78, 5) is 12.2. The van der Waals surface area contributed by atoms with E-state index in [4.69, 9.17) is 5.73 Å². The van der Waals surface area contributed by atoms with Crippen LogP contribution in [0.15, 0.2) is 24.3 Å². The molecule has 3 rings (SSSR count). The second kappa shape index (κ2) is 5.60. The lowest BCUT2D eigenvalue weighted by Gasteiger charge is -2.30. The van der Waals surface area contributed by atoms with Crippen molar-refractivity contribution >= 4 is 11.6 Å². The van der Waals surface area contributed by atoms with E-state index in [1.807, 2.05) is 12.1 Å². The Morgan fingerprint density at radius 2 is 2.29 bits per heavy atom. The summed E-state index contributed by atoms with van der Waals surface area (Å²) in [5, 5.41) is 9.83. The van der Waals surface area contributed by atoms with E-state index in [1.165, 1.54) is 11.1 Å². The molecule has 1 heterocycles. The van der Waals surface area contributed by atoms with Crippen molar-refractivity contribution in [3.63, 3.8) is 0 Å². The van der Waals surface area contributed by atoms with Crippen molar-refractivity contribution in [2.75, 3.05) is 12.3 Å². The summed E-state index contributed by atoms with van der Waals surface area (Å²) in [7, 11) is 0. The van der Waals surface area contributed by atoms with Gasteiger partial charge in [-0.05, 0) is 24.0 Å². The van der Waals surface area contributed by atoms with Crippen LogP contribution in [0.25, 0.3) is 0 Å². The zero-order chi connectivity index (χ0) is 14.8. The van der Waals surface area contributed by atoms with E-state index >= 15 is 0 Å². The van der Waals surface area contributed by atoms with Gasteiger partial charge in [-0.25, -0.2) is 0 Å². The highest BCUT2D eigenvalue weighted by molar-refractivity contribution is 5.97. The third kappa shape index (κ3) is 2.51. The number of nitrogens with zero attached hydrogens (tertiary/aromatic N) is 1. The quantitative estimate of drug-likeness (QED) is 0.785. The summed E-state index contributed by atoms with van der Waals surface area (Å²) < 4.78 is 0. The third-order valence-corrected chi connectivity index (χ3v) is 4.07. The smallest absolute Gasteiger partial charge is 0.273 e. The van der Waals surface area contributed by atoms with Gasteiger partial charge in [-0.1, -0.05) is 37.6 Å². The number of hydrogen-bond donors (Lipinski definition) is 3. The van der Waals surface area contributed by atoms with E-state index in [-0.39, 0.29) is 5.91 Å². The van der Waals surface area contributed by atoms with Crippen LogP contribution in [0.1, 0.15) is 46.6 Å². The van der Waals surface area contributed by atoms with Crippen molar-refractivity contribution in [1.82, 2.24) is 15.5 Å². The molecule has 1 unspecified atom stereocenters. The monoisotopic (exact) mass is 284 g/mol. The van der Waals surface area contributed by atoms with Gasteiger partial charge in [-0.15, -0.1) is 0 Å². The summed E-state index contributed by atoms with van der Waals surface area (Å²) in [6.45, 7) is 2.69. The van der Waals surface area contributed by atoms with Crippen molar-refractivity contribution in [2.24, 2.45) is 0 Å². The molecule has 4 N–H and O–H groups in total. The summed E-state index contributed by atoms with van der Waals surface area (Å²) >= 11 is 0. The van der Waals surface area contributed by atoms with Crippen LogP contribution < -0.4 is 11.1 Å². The number of nitrogen functional groups attached to an aromatic ring is 1. The molecule has 5 heteroatoms.